The van der Waals surface area contributed by atoms with Crippen LogP contribution in [0.4, 0.5) is 10.8 Å². The van der Waals surface area contributed by atoms with Crippen LogP contribution in [0.3, 0.4) is 0 Å². The molecule has 3 N–H and O–H groups in total. The Morgan fingerprint density at radius 1 is 1.15 bits per heavy atom. The third kappa shape index (κ3) is 7.81. The molecule has 0 aliphatic carbocycles. The van der Waals surface area contributed by atoms with E-state index in [4.69, 9.17) is 5.11 Å². The van der Waals surface area contributed by atoms with E-state index in [2.05, 4.69) is 20.0 Å². The molecule has 1 heterocycles. The maximum absolute atomic E-state index is 12.0. The topological polar surface area (TPSA) is 121 Å². The average molecular weight is 425 g/mol. The van der Waals surface area contributed by atoms with E-state index in [0.29, 0.717) is 16.0 Å². The van der Waals surface area contributed by atoms with Crippen molar-refractivity contribution in [2.24, 2.45) is 0 Å². The number of rotatable bonds is 9. The van der Waals surface area contributed by atoms with Crippen molar-refractivity contribution in [3.8, 4) is 0 Å². The van der Waals surface area contributed by atoms with E-state index in [1.807, 2.05) is 6.92 Å². The van der Waals surface area contributed by atoms with E-state index in [-0.39, 0.29) is 11.7 Å². The summed E-state index contributed by atoms with van der Waals surface area (Å²) in [7, 11) is 0. The fourth-order valence-electron chi connectivity index (χ4n) is 1.72. The highest BCUT2D eigenvalue weighted by molar-refractivity contribution is 8.00. The van der Waals surface area contributed by atoms with E-state index in [0.717, 1.165) is 34.3 Å². The highest BCUT2D eigenvalue weighted by Crippen LogP contribution is 2.22. The van der Waals surface area contributed by atoms with Crippen molar-refractivity contribution in [1.29, 1.82) is 0 Å². The Bertz CT molecular complexity index is 836. The minimum atomic E-state index is -1.19. The zero-order chi connectivity index (χ0) is 19.6. The lowest BCUT2D eigenvalue weighted by atomic mass is 10.3. The average Bonchev–Trinajstić information content (AvgIpc) is 3.06. The van der Waals surface area contributed by atoms with Crippen LogP contribution in [0.5, 0.6) is 0 Å². The second-order valence-corrected chi connectivity index (χ2v) is 7.87. The van der Waals surface area contributed by atoms with Crippen molar-refractivity contribution in [3.63, 3.8) is 0 Å². The molecule has 0 atom stereocenters. The molecule has 8 nitrogen and oxygen atoms in total. The minimum Gasteiger partial charge on any atom is -0.478 e. The summed E-state index contributed by atoms with van der Waals surface area (Å²) in [6.45, 7) is 2.00. The predicted molar refractivity (Wildman–Crippen MR) is 108 cm³/mol. The number of anilines is 2. The number of hydrogen-bond donors (Lipinski definition) is 3. The number of carboxylic acids is 1. The summed E-state index contributed by atoms with van der Waals surface area (Å²) < 4.78 is 4.13. The van der Waals surface area contributed by atoms with E-state index in [9.17, 15) is 14.4 Å². The molecule has 0 saturated heterocycles. The van der Waals surface area contributed by atoms with Gasteiger partial charge in [0, 0.05) is 34.3 Å². The molecular weight excluding hydrogens is 408 g/mol. The van der Waals surface area contributed by atoms with E-state index >= 15 is 0 Å². The van der Waals surface area contributed by atoms with Gasteiger partial charge < -0.3 is 10.4 Å². The highest BCUT2D eigenvalue weighted by Gasteiger charge is 2.09. The molecular formula is C16H16N4O4S3. The Morgan fingerprint density at radius 2 is 1.89 bits per heavy atom. The largest absolute Gasteiger partial charge is 0.478 e. The molecule has 0 bridgehead atoms. The lowest BCUT2D eigenvalue weighted by molar-refractivity contribution is -0.131. The van der Waals surface area contributed by atoms with Gasteiger partial charge in [0.25, 0.3) is 0 Å². The van der Waals surface area contributed by atoms with Gasteiger partial charge in [-0.3, -0.25) is 14.9 Å². The summed E-state index contributed by atoms with van der Waals surface area (Å²) in [5, 5.41) is 14.9. The number of aromatic nitrogens is 2. The molecule has 0 spiro atoms. The first-order valence-corrected chi connectivity index (χ1v) is 10.4. The Labute approximate surface area is 168 Å². The molecule has 142 valence electrons. The maximum atomic E-state index is 12.0. The van der Waals surface area contributed by atoms with Crippen molar-refractivity contribution in [2.45, 2.75) is 17.0 Å². The SMILES string of the molecule is CCSc1nsc(NC(=O)CSc2ccc(NC(=O)/C=C/C(=O)O)cc2)n1. The molecule has 0 radical (unpaired) electrons. The molecule has 0 unspecified atom stereocenters. The molecule has 11 heteroatoms. The minimum absolute atomic E-state index is 0.180. The Hall–Kier alpha value is -2.37. The standard InChI is InChI=1S/C16H16N4O4S3/c1-2-25-16-19-15(27-20-16)18-13(22)9-26-11-5-3-10(4-6-11)17-12(21)7-8-14(23)24/h3-8H,2,9H2,1H3,(H,17,21)(H,23,24)(H,18,19,20,22)/b8-7+. The van der Waals surface area contributed by atoms with Crippen LogP contribution in [-0.4, -0.2) is 43.8 Å². The van der Waals surface area contributed by atoms with Gasteiger partial charge >= 0.3 is 5.97 Å². The number of nitrogens with one attached hydrogen (secondary N) is 2. The smallest absolute Gasteiger partial charge is 0.328 e. The first-order chi connectivity index (χ1) is 13.0. The van der Waals surface area contributed by atoms with Gasteiger partial charge in [-0.1, -0.05) is 18.7 Å². The quantitative estimate of drug-likeness (QED) is 0.415. The fourth-order valence-corrected chi connectivity index (χ4v) is 3.70. The van der Waals surface area contributed by atoms with Gasteiger partial charge in [0.15, 0.2) is 0 Å². The third-order valence-electron chi connectivity index (χ3n) is 2.80. The molecule has 0 fully saturated rings. The van der Waals surface area contributed by atoms with Crippen molar-refractivity contribution in [1.82, 2.24) is 9.36 Å². The number of carbonyl (C=O) groups is 3. The van der Waals surface area contributed by atoms with Gasteiger partial charge in [0.2, 0.25) is 22.1 Å². The molecule has 1 aromatic heterocycles. The molecule has 0 saturated carbocycles. The molecule has 27 heavy (non-hydrogen) atoms. The number of carboxylic acid groups (broad SMARTS) is 1. The number of carbonyl (C=O) groups excluding carboxylic acids is 2. The monoisotopic (exact) mass is 424 g/mol. The van der Waals surface area contributed by atoms with Crippen molar-refractivity contribution < 1.29 is 19.5 Å². The van der Waals surface area contributed by atoms with Crippen molar-refractivity contribution in [3.05, 3.63) is 36.4 Å². The number of hydrogen-bond acceptors (Lipinski definition) is 8. The first-order valence-electron chi connectivity index (χ1n) is 7.67. The maximum Gasteiger partial charge on any atom is 0.328 e. The Balaban J connectivity index is 1.79. The lowest BCUT2D eigenvalue weighted by Gasteiger charge is -2.05. The number of thioether (sulfide) groups is 2. The summed E-state index contributed by atoms with van der Waals surface area (Å²) >= 11 is 4.00. The summed E-state index contributed by atoms with van der Waals surface area (Å²) in [5.41, 5.74) is 0.527. The highest BCUT2D eigenvalue weighted by atomic mass is 32.2. The van der Waals surface area contributed by atoms with Gasteiger partial charge in [0.05, 0.1) is 5.75 Å². The molecule has 0 aliphatic rings. The van der Waals surface area contributed by atoms with Crippen LogP contribution in [0.2, 0.25) is 0 Å². The molecule has 1 aromatic carbocycles. The van der Waals surface area contributed by atoms with E-state index in [1.54, 1.807) is 24.3 Å². The van der Waals surface area contributed by atoms with Crippen LogP contribution in [0.25, 0.3) is 0 Å². The van der Waals surface area contributed by atoms with Crippen molar-refractivity contribution >= 4 is 63.7 Å². The normalized spacial score (nSPS) is 10.7. The summed E-state index contributed by atoms with van der Waals surface area (Å²) in [5.74, 6) is -0.825. The number of benzene rings is 1. The summed E-state index contributed by atoms with van der Waals surface area (Å²) in [6.07, 6.45) is 1.70. The van der Waals surface area contributed by atoms with Crippen LogP contribution < -0.4 is 10.6 Å². The number of nitrogens with zero attached hydrogens (tertiary/aromatic N) is 2. The van der Waals surface area contributed by atoms with Gasteiger partial charge in [-0.05, 0) is 30.0 Å². The second kappa shape index (κ2) is 10.7. The second-order valence-electron chi connectivity index (χ2n) is 4.84. The van der Waals surface area contributed by atoms with Crippen LogP contribution in [0, 0.1) is 0 Å². The lowest BCUT2D eigenvalue weighted by Crippen LogP contribution is -2.13. The van der Waals surface area contributed by atoms with Gasteiger partial charge in [-0.25, -0.2) is 4.79 Å². The predicted octanol–water partition coefficient (Wildman–Crippen LogP) is 2.96. The zero-order valence-electron chi connectivity index (χ0n) is 14.2. The number of aliphatic carboxylic acids is 1. The molecule has 0 aliphatic heterocycles. The van der Waals surface area contributed by atoms with Crippen LogP contribution in [0.1, 0.15) is 6.92 Å². The molecule has 2 aromatic rings. The summed E-state index contributed by atoms with van der Waals surface area (Å²) in [4.78, 5) is 38.9. The van der Waals surface area contributed by atoms with Crippen LogP contribution in [0.15, 0.2) is 46.5 Å². The molecule has 2 amide bonds. The fraction of sp³-hybridized carbons (Fsp3) is 0.188. The van der Waals surface area contributed by atoms with Gasteiger partial charge in [-0.15, -0.1) is 11.8 Å². The van der Waals surface area contributed by atoms with Crippen LogP contribution in [-0.2, 0) is 14.4 Å². The summed E-state index contributed by atoms with van der Waals surface area (Å²) in [6, 6.07) is 6.86. The van der Waals surface area contributed by atoms with Crippen molar-refractivity contribution in [2.75, 3.05) is 22.1 Å². The Kier molecular flexibility index (Phi) is 8.30. The number of amides is 2. The van der Waals surface area contributed by atoms with Gasteiger partial charge in [0.1, 0.15) is 0 Å². The van der Waals surface area contributed by atoms with Gasteiger partial charge in [-0.2, -0.15) is 9.36 Å². The Morgan fingerprint density at radius 3 is 2.56 bits per heavy atom. The first kappa shape index (κ1) is 20.9. The van der Waals surface area contributed by atoms with Crippen LogP contribution >= 0.6 is 35.1 Å². The van der Waals surface area contributed by atoms with E-state index in [1.165, 1.54) is 23.5 Å². The third-order valence-corrected chi connectivity index (χ3v) is 5.28. The molecule has 2 rings (SSSR count). The van der Waals surface area contributed by atoms with E-state index < -0.39 is 11.9 Å². The zero-order valence-corrected chi connectivity index (χ0v) is 16.6.